The first kappa shape index (κ1) is 24.6. The highest BCUT2D eigenvalue weighted by Crippen LogP contribution is 2.33. The molecule has 2 aromatic carbocycles. The number of hydrogen-bond donors (Lipinski definition) is 0. The normalized spacial score (nSPS) is 17.1. The zero-order valence-corrected chi connectivity index (χ0v) is 21.1. The molecule has 2 fully saturated rings. The average molecular weight is 516 g/mol. The molecule has 3 heterocycles. The van der Waals surface area contributed by atoms with Gasteiger partial charge < -0.3 is 14.2 Å². The molecule has 3 amide bonds. The van der Waals surface area contributed by atoms with Crippen LogP contribution in [0.15, 0.2) is 76.1 Å². The summed E-state index contributed by atoms with van der Waals surface area (Å²) in [5.41, 5.74) is 2.51. The second-order valence-corrected chi connectivity index (χ2v) is 9.80. The van der Waals surface area contributed by atoms with E-state index >= 15 is 0 Å². The molecule has 0 saturated carbocycles. The molecule has 1 aromatic heterocycles. The van der Waals surface area contributed by atoms with Crippen LogP contribution in [0.3, 0.4) is 0 Å². The molecule has 0 radical (unpaired) electrons. The smallest absolute Gasteiger partial charge is 0.294 e. The second-order valence-electron chi connectivity index (χ2n) is 8.81. The molecule has 2 saturated heterocycles. The van der Waals surface area contributed by atoms with Crippen molar-refractivity contribution in [3.63, 3.8) is 0 Å². The monoisotopic (exact) mass is 515 g/mol. The van der Waals surface area contributed by atoms with E-state index in [0.717, 1.165) is 27.9 Å². The largest absolute Gasteiger partial charge is 0.457 e. The van der Waals surface area contributed by atoms with Crippen molar-refractivity contribution in [2.45, 2.75) is 6.92 Å². The van der Waals surface area contributed by atoms with Gasteiger partial charge in [0, 0.05) is 49.1 Å². The minimum Gasteiger partial charge on any atom is -0.457 e. The van der Waals surface area contributed by atoms with Gasteiger partial charge in [0.15, 0.2) is 5.78 Å². The topological polar surface area (TPSA) is 91.1 Å². The van der Waals surface area contributed by atoms with Gasteiger partial charge in [0.2, 0.25) is 5.91 Å². The Balaban J connectivity index is 1.20. The molecule has 0 bridgehead atoms. The van der Waals surface area contributed by atoms with Gasteiger partial charge in [0.05, 0.1) is 4.91 Å². The predicted molar refractivity (Wildman–Crippen MR) is 142 cm³/mol. The van der Waals surface area contributed by atoms with Crippen LogP contribution < -0.4 is 4.90 Å². The Morgan fingerprint density at radius 1 is 0.919 bits per heavy atom. The number of nitrogens with zero attached hydrogens (tertiary/aromatic N) is 3. The van der Waals surface area contributed by atoms with Gasteiger partial charge in [-0.25, -0.2) is 0 Å². The number of carbonyl (C=O) groups excluding carboxylic acids is 4. The molecular weight excluding hydrogens is 490 g/mol. The first-order chi connectivity index (χ1) is 17.9. The molecule has 2 aliphatic heterocycles. The van der Waals surface area contributed by atoms with Crippen LogP contribution in [0.4, 0.5) is 10.5 Å². The van der Waals surface area contributed by atoms with E-state index in [2.05, 4.69) is 4.90 Å². The summed E-state index contributed by atoms with van der Waals surface area (Å²) in [6.45, 7) is 3.67. The minimum atomic E-state index is -0.505. The van der Waals surface area contributed by atoms with Crippen molar-refractivity contribution in [2.24, 2.45) is 0 Å². The third-order valence-electron chi connectivity index (χ3n) is 6.40. The number of benzene rings is 2. The van der Waals surface area contributed by atoms with E-state index in [-0.39, 0.29) is 23.1 Å². The fourth-order valence-corrected chi connectivity index (χ4v) is 5.13. The number of furan rings is 1. The third-order valence-corrected chi connectivity index (χ3v) is 7.30. The maximum atomic E-state index is 12.9. The maximum Gasteiger partial charge on any atom is 0.294 e. The van der Waals surface area contributed by atoms with E-state index in [0.29, 0.717) is 43.3 Å². The Morgan fingerprint density at radius 3 is 2.30 bits per heavy atom. The third kappa shape index (κ3) is 5.36. The minimum absolute atomic E-state index is 0.0182. The zero-order valence-electron chi connectivity index (χ0n) is 20.3. The number of anilines is 1. The maximum absolute atomic E-state index is 12.9. The number of rotatable bonds is 6. The molecule has 0 aliphatic carbocycles. The number of thioether (sulfide) groups is 1. The van der Waals surface area contributed by atoms with Gasteiger partial charge in [-0.1, -0.05) is 42.5 Å². The van der Waals surface area contributed by atoms with Crippen LogP contribution in [0.25, 0.3) is 17.4 Å². The second kappa shape index (κ2) is 10.5. The van der Waals surface area contributed by atoms with Crippen molar-refractivity contribution in [1.82, 2.24) is 9.80 Å². The molecule has 37 heavy (non-hydrogen) atoms. The van der Waals surface area contributed by atoms with E-state index < -0.39 is 11.1 Å². The lowest BCUT2D eigenvalue weighted by Gasteiger charge is -2.36. The molecule has 8 nitrogen and oxygen atoms in total. The lowest BCUT2D eigenvalue weighted by atomic mass is 10.1. The molecule has 2 aliphatic rings. The van der Waals surface area contributed by atoms with E-state index in [1.165, 1.54) is 13.0 Å². The van der Waals surface area contributed by atoms with Gasteiger partial charge in [-0.15, -0.1) is 0 Å². The summed E-state index contributed by atoms with van der Waals surface area (Å²) in [6.07, 6.45) is 1.52. The summed E-state index contributed by atoms with van der Waals surface area (Å²) >= 11 is 0.795. The molecule has 9 heteroatoms. The summed E-state index contributed by atoms with van der Waals surface area (Å²) in [5.74, 6) is 0.223. The SMILES string of the molecule is CC(=O)c1ccc(-c2ccc(/C=C3/SC(=O)N(CC(=O)N4CCN(c5ccccc5)CC4)C3=O)o2)cc1. The summed E-state index contributed by atoms with van der Waals surface area (Å²) < 4.78 is 5.84. The standard InChI is InChI=1S/C28H25N3O5S/c1-19(32)20-7-9-21(10-8-20)24-12-11-23(36-24)17-25-27(34)31(28(35)37-25)18-26(33)30-15-13-29(14-16-30)22-5-3-2-4-6-22/h2-12,17H,13-16,18H2,1H3/b25-17+. The quantitative estimate of drug-likeness (QED) is 0.352. The van der Waals surface area contributed by atoms with Crippen molar-refractivity contribution in [1.29, 1.82) is 0 Å². The average Bonchev–Trinajstić information content (AvgIpc) is 3.49. The van der Waals surface area contributed by atoms with Crippen molar-refractivity contribution in [3.05, 3.63) is 83.0 Å². The Kier molecular flexibility index (Phi) is 6.96. The molecule has 3 aromatic rings. The fraction of sp³-hybridized carbons (Fsp3) is 0.214. The first-order valence-corrected chi connectivity index (χ1v) is 12.7. The van der Waals surface area contributed by atoms with Crippen molar-refractivity contribution >= 4 is 46.4 Å². The number of Topliss-reactive ketones (excluding diaryl/α,β-unsaturated/α-hetero) is 1. The van der Waals surface area contributed by atoms with Crippen LogP contribution in [0, 0.1) is 0 Å². The Hall–Kier alpha value is -4.11. The molecule has 188 valence electrons. The number of amides is 3. The fourth-order valence-electron chi connectivity index (χ4n) is 4.31. The van der Waals surface area contributed by atoms with Crippen LogP contribution in [-0.2, 0) is 9.59 Å². The van der Waals surface area contributed by atoms with Crippen molar-refractivity contribution in [2.75, 3.05) is 37.6 Å². The highest BCUT2D eigenvalue weighted by Gasteiger charge is 2.37. The lowest BCUT2D eigenvalue weighted by molar-refractivity contribution is -0.136. The van der Waals surface area contributed by atoms with Crippen LogP contribution in [0.5, 0.6) is 0 Å². The van der Waals surface area contributed by atoms with Gasteiger partial charge in [-0.2, -0.15) is 0 Å². The number of piperazine rings is 1. The van der Waals surface area contributed by atoms with Crippen LogP contribution in [0.1, 0.15) is 23.0 Å². The lowest BCUT2D eigenvalue weighted by Crippen LogP contribution is -2.51. The summed E-state index contributed by atoms with van der Waals surface area (Å²) in [5, 5.41) is -0.473. The van der Waals surface area contributed by atoms with Crippen LogP contribution >= 0.6 is 11.8 Å². The molecule has 5 rings (SSSR count). The highest BCUT2D eigenvalue weighted by atomic mass is 32.2. The molecule has 0 N–H and O–H groups in total. The van der Waals surface area contributed by atoms with Gasteiger partial charge in [-0.05, 0) is 43.0 Å². The Morgan fingerprint density at radius 2 is 1.62 bits per heavy atom. The van der Waals surface area contributed by atoms with E-state index in [4.69, 9.17) is 4.42 Å². The highest BCUT2D eigenvalue weighted by molar-refractivity contribution is 8.18. The Labute approximate surface area is 218 Å². The van der Waals surface area contributed by atoms with Gasteiger partial charge >= 0.3 is 0 Å². The molecular formula is C28H25N3O5S. The number of para-hydroxylation sites is 1. The predicted octanol–water partition coefficient (Wildman–Crippen LogP) is 4.53. The summed E-state index contributed by atoms with van der Waals surface area (Å²) in [6, 6.07) is 20.5. The van der Waals surface area contributed by atoms with E-state index in [1.807, 2.05) is 30.3 Å². The molecule has 0 unspecified atom stereocenters. The van der Waals surface area contributed by atoms with E-state index in [1.54, 1.807) is 41.3 Å². The van der Waals surface area contributed by atoms with Gasteiger partial charge in [0.25, 0.3) is 11.1 Å². The van der Waals surface area contributed by atoms with Crippen LogP contribution in [0.2, 0.25) is 0 Å². The number of carbonyl (C=O) groups is 4. The Bertz CT molecular complexity index is 1370. The zero-order chi connectivity index (χ0) is 25.9. The summed E-state index contributed by atoms with van der Waals surface area (Å²) in [4.78, 5) is 54.9. The van der Waals surface area contributed by atoms with Crippen LogP contribution in [-0.4, -0.2) is 65.4 Å². The summed E-state index contributed by atoms with van der Waals surface area (Å²) in [7, 11) is 0. The van der Waals surface area contributed by atoms with Crippen molar-refractivity contribution < 1.29 is 23.6 Å². The van der Waals surface area contributed by atoms with Crippen molar-refractivity contribution in [3.8, 4) is 11.3 Å². The molecule has 0 spiro atoms. The van der Waals surface area contributed by atoms with Gasteiger partial charge in [-0.3, -0.25) is 24.1 Å². The van der Waals surface area contributed by atoms with E-state index in [9.17, 15) is 19.2 Å². The number of hydrogen-bond acceptors (Lipinski definition) is 7. The number of ketones is 1. The molecule has 0 atom stereocenters. The number of imide groups is 1. The van der Waals surface area contributed by atoms with Gasteiger partial charge in [0.1, 0.15) is 18.1 Å². The first-order valence-electron chi connectivity index (χ1n) is 11.9.